The largest absolute Gasteiger partial charge is 0.497 e. The molecule has 0 fully saturated rings. The van der Waals surface area contributed by atoms with Gasteiger partial charge in [-0.2, -0.15) is 0 Å². The van der Waals surface area contributed by atoms with Crippen LogP contribution in [0.25, 0.3) is 0 Å². The average molecular weight is 313 g/mol. The molecule has 1 N–H and O–H groups in total. The van der Waals surface area contributed by atoms with E-state index in [0.717, 1.165) is 30.0 Å². The van der Waals surface area contributed by atoms with E-state index in [-0.39, 0.29) is 11.3 Å². The van der Waals surface area contributed by atoms with E-state index in [1.165, 1.54) is 0 Å². The number of rotatable bonds is 9. The monoisotopic (exact) mass is 313 g/mol. The van der Waals surface area contributed by atoms with Crippen LogP contribution in [0.1, 0.15) is 38.8 Å². The van der Waals surface area contributed by atoms with Gasteiger partial charge in [-0.15, -0.1) is 0 Å². The molecule has 1 aromatic carbocycles. The van der Waals surface area contributed by atoms with Crippen LogP contribution in [0.15, 0.2) is 18.2 Å². The molecule has 2 atom stereocenters. The van der Waals surface area contributed by atoms with Crippen LogP contribution in [0.4, 0.5) is 0 Å². The van der Waals surface area contributed by atoms with Crippen molar-refractivity contribution < 1.29 is 13.7 Å². The zero-order chi connectivity index (χ0) is 15.8. The quantitative estimate of drug-likeness (QED) is 0.761. The summed E-state index contributed by atoms with van der Waals surface area (Å²) in [6.07, 6.45) is 1.03. The van der Waals surface area contributed by atoms with Gasteiger partial charge in [0.15, 0.2) is 0 Å². The maximum absolute atomic E-state index is 12.2. The smallest absolute Gasteiger partial charge is 0.127 e. The molecule has 0 amide bonds. The molecule has 4 nitrogen and oxygen atoms in total. The van der Waals surface area contributed by atoms with Crippen LogP contribution in [0.2, 0.25) is 0 Å². The van der Waals surface area contributed by atoms with Gasteiger partial charge < -0.3 is 14.8 Å². The highest BCUT2D eigenvalue weighted by Crippen LogP contribution is 2.30. The number of methoxy groups -OCH3 is 2. The Balaban J connectivity index is 3.03. The highest BCUT2D eigenvalue weighted by molar-refractivity contribution is 7.85. The van der Waals surface area contributed by atoms with E-state index < -0.39 is 10.8 Å². The average Bonchev–Trinajstić information content (AvgIpc) is 2.50. The summed E-state index contributed by atoms with van der Waals surface area (Å²) in [7, 11) is 2.41. The number of hydrogen-bond acceptors (Lipinski definition) is 4. The third-order valence-electron chi connectivity index (χ3n) is 3.31. The second-order valence-corrected chi connectivity index (χ2v) is 7.25. The topological polar surface area (TPSA) is 47.6 Å². The molecule has 0 heterocycles. The van der Waals surface area contributed by atoms with Crippen molar-refractivity contribution in [1.82, 2.24) is 5.32 Å². The van der Waals surface area contributed by atoms with Crippen LogP contribution < -0.4 is 14.8 Å². The molecule has 21 heavy (non-hydrogen) atoms. The summed E-state index contributed by atoms with van der Waals surface area (Å²) in [6.45, 7) is 6.97. The number of nitrogens with one attached hydrogen (secondary N) is 1. The molecule has 0 bridgehead atoms. The van der Waals surface area contributed by atoms with Gasteiger partial charge in [0, 0.05) is 39.5 Å². The first kappa shape index (κ1) is 18.0. The molecule has 0 aliphatic rings. The van der Waals surface area contributed by atoms with Gasteiger partial charge in [0.1, 0.15) is 11.5 Å². The van der Waals surface area contributed by atoms with Gasteiger partial charge in [-0.3, -0.25) is 4.21 Å². The van der Waals surface area contributed by atoms with Gasteiger partial charge in [0.05, 0.1) is 14.2 Å². The van der Waals surface area contributed by atoms with Crippen LogP contribution in [0, 0.1) is 0 Å². The highest BCUT2D eigenvalue weighted by atomic mass is 32.2. The molecule has 0 aliphatic carbocycles. The summed E-state index contributed by atoms with van der Waals surface area (Å²) < 4.78 is 22.9. The lowest BCUT2D eigenvalue weighted by Crippen LogP contribution is -2.29. The molecule has 0 radical (unpaired) electrons. The second-order valence-electron chi connectivity index (χ2n) is 5.21. The van der Waals surface area contributed by atoms with Crippen molar-refractivity contribution in [2.24, 2.45) is 0 Å². The standard InChI is InChI=1S/C16H27NO3S/c1-6-9-17-15(11-21(18)12(2)3)14-8-7-13(19-4)10-16(14)20-5/h7-8,10,12,15,17H,6,9,11H2,1-5H3. The summed E-state index contributed by atoms with van der Waals surface area (Å²) in [4.78, 5) is 0. The maximum Gasteiger partial charge on any atom is 0.127 e. The summed E-state index contributed by atoms with van der Waals surface area (Å²) >= 11 is 0. The minimum atomic E-state index is -0.872. The van der Waals surface area contributed by atoms with Crippen molar-refractivity contribution in [3.05, 3.63) is 23.8 Å². The predicted molar refractivity (Wildman–Crippen MR) is 88.7 cm³/mol. The van der Waals surface area contributed by atoms with Crippen LogP contribution in [0.3, 0.4) is 0 Å². The van der Waals surface area contributed by atoms with E-state index in [2.05, 4.69) is 12.2 Å². The van der Waals surface area contributed by atoms with Crippen LogP contribution >= 0.6 is 0 Å². The Morgan fingerprint density at radius 2 is 1.95 bits per heavy atom. The van der Waals surface area contributed by atoms with E-state index >= 15 is 0 Å². The van der Waals surface area contributed by atoms with Gasteiger partial charge in [-0.05, 0) is 19.0 Å². The van der Waals surface area contributed by atoms with Gasteiger partial charge in [-0.25, -0.2) is 0 Å². The Hall–Kier alpha value is -1.07. The highest BCUT2D eigenvalue weighted by Gasteiger charge is 2.20. The first-order valence-electron chi connectivity index (χ1n) is 7.35. The van der Waals surface area contributed by atoms with Crippen molar-refractivity contribution in [2.75, 3.05) is 26.5 Å². The summed E-state index contributed by atoms with van der Waals surface area (Å²) in [6, 6.07) is 5.79. The molecule has 5 heteroatoms. The first-order chi connectivity index (χ1) is 10.0. The van der Waals surface area contributed by atoms with Crippen LogP contribution in [0.5, 0.6) is 11.5 Å². The minimum absolute atomic E-state index is 0.0223. The molecule has 0 saturated carbocycles. The lowest BCUT2D eigenvalue weighted by atomic mass is 10.1. The van der Waals surface area contributed by atoms with Gasteiger partial charge in [-0.1, -0.05) is 26.8 Å². The molecule has 2 unspecified atom stereocenters. The Morgan fingerprint density at radius 1 is 1.24 bits per heavy atom. The van der Waals surface area contributed by atoms with Gasteiger partial charge >= 0.3 is 0 Å². The SMILES string of the molecule is CCCNC(CS(=O)C(C)C)c1ccc(OC)cc1OC. The Bertz CT molecular complexity index is 463. The number of ether oxygens (including phenoxy) is 2. The Morgan fingerprint density at radius 3 is 2.48 bits per heavy atom. The number of hydrogen-bond donors (Lipinski definition) is 1. The summed E-state index contributed by atoms with van der Waals surface area (Å²) in [5.74, 6) is 2.11. The molecular formula is C16H27NO3S. The molecule has 0 spiro atoms. The zero-order valence-corrected chi connectivity index (χ0v) is 14.5. The van der Waals surface area contributed by atoms with E-state index in [4.69, 9.17) is 9.47 Å². The lowest BCUT2D eigenvalue weighted by molar-refractivity contribution is 0.386. The molecular weight excluding hydrogens is 286 g/mol. The van der Waals surface area contributed by atoms with Crippen molar-refractivity contribution >= 4 is 10.8 Å². The molecule has 1 rings (SSSR count). The Labute approximate surface area is 130 Å². The molecule has 0 aromatic heterocycles. The van der Waals surface area contributed by atoms with Crippen LogP contribution in [-0.2, 0) is 10.8 Å². The third-order valence-corrected chi connectivity index (χ3v) is 5.03. The van der Waals surface area contributed by atoms with Crippen molar-refractivity contribution in [3.8, 4) is 11.5 Å². The normalized spacial score (nSPS) is 14.0. The number of benzene rings is 1. The van der Waals surface area contributed by atoms with Crippen molar-refractivity contribution in [2.45, 2.75) is 38.5 Å². The first-order valence-corrected chi connectivity index (χ1v) is 8.74. The maximum atomic E-state index is 12.2. The summed E-state index contributed by atoms with van der Waals surface area (Å²) in [5.41, 5.74) is 1.03. The molecule has 0 saturated heterocycles. The van der Waals surface area contributed by atoms with Crippen LogP contribution in [-0.4, -0.2) is 36.0 Å². The second kappa shape index (κ2) is 9.05. The van der Waals surface area contributed by atoms with Gasteiger partial charge in [0.25, 0.3) is 0 Å². The minimum Gasteiger partial charge on any atom is -0.497 e. The fourth-order valence-electron chi connectivity index (χ4n) is 2.04. The van der Waals surface area contributed by atoms with Gasteiger partial charge in [0.2, 0.25) is 0 Å². The van der Waals surface area contributed by atoms with E-state index in [0.29, 0.717) is 5.75 Å². The fraction of sp³-hybridized carbons (Fsp3) is 0.625. The van der Waals surface area contributed by atoms with E-state index in [9.17, 15) is 4.21 Å². The predicted octanol–water partition coefficient (Wildman–Crippen LogP) is 2.90. The Kier molecular flexibility index (Phi) is 7.75. The van der Waals surface area contributed by atoms with Crippen molar-refractivity contribution in [1.29, 1.82) is 0 Å². The van der Waals surface area contributed by atoms with E-state index in [1.807, 2.05) is 32.0 Å². The molecule has 120 valence electrons. The zero-order valence-electron chi connectivity index (χ0n) is 13.6. The van der Waals surface area contributed by atoms with E-state index in [1.54, 1.807) is 14.2 Å². The molecule has 1 aromatic rings. The third kappa shape index (κ3) is 5.32. The van der Waals surface area contributed by atoms with Crippen molar-refractivity contribution in [3.63, 3.8) is 0 Å². The molecule has 0 aliphatic heterocycles. The lowest BCUT2D eigenvalue weighted by Gasteiger charge is -2.22. The summed E-state index contributed by atoms with van der Waals surface area (Å²) in [5, 5.41) is 3.62. The fourth-order valence-corrected chi connectivity index (χ4v) is 3.05.